The third-order valence-electron chi connectivity index (χ3n) is 6.33. The minimum atomic E-state index is -0.276. The normalized spacial score (nSPS) is 21.4. The molecule has 2 aromatic carbocycles. The highest BCUT2D eigenvalue weighted by Crippen LogP contribution is 2.26. The van der Waals surface area contributed by atoms with Crippen LogP contribution in [0, 0.1) is 11.8 Å². The monoisotopic (exact) mass is 433 g/mol. The maximum Gasteiger partial charge on any atom is 0.255 e. The van der Waals surface area contributed by atoms with Gasteiger partial charge in [-0.15, -0.1) is 0 Å². The number of benzene rings is 2. The zero-order valence-electron chi connectivity index (χ0n) is 18.8. The molecule has 168 valence electrons. The molecule has 4 rings (SSSR count). The fraction of sp³-hybridized carbons (Fsp3) is 0.423. The summed E-state index contributed by atoms with van der Waals surface area (Å²) in [4.78, 5) is 41.9. The summed E-state index contributed by atoms with van der Waals surface area (Å²) in [5.41, 5.74) is 2.33. The van der Waals surface area contributed by atoms with E-state index in [9.17, 15) is 14.4 Å². The van der Waals surface area contributed by atoms with E-state index >= 15 is 0 Å². The molecule has 0 saturated carbocycles. The van der Waals surface area contributed by atoms with Crippen molar-refractivity contribution in [2.75, 3.05) is 29.9 Å². The number of amides is 3. The Bertz CT molecular complexity index is 992. The van der Waals surface area contributed by atoms with Crippen LogP contribution < -0.4 is 10.2 Å². The zero-order valence-corrected chi connectivity index (χ0v) is 18.8. The molecule has 6 heteroatoms. The molecular formula is C26H31N3O3. The molecule has 0 aliphatic carbocycles. The second-order valence-corrected chi connectivity index (χ2v) is 9.21. The Balaban J connectivity index is 1.48. The van der Waals surface area contributed by atoms with E-state index in [1.807, 2.05) is 29.2 Å². The van der Waals surface area contributed by atoms with Crippen molar-refractivity contribution < 1.29 is 14.4 Å². The van der Waals surface area contributed by atoms with Gasteiger partial charge in [0.2, 0.25) is 5.91 Å². The van der Waals surface area contributed by atoms with Crippen LogP contribution in [0.4, 0.5) is 11.4 Å². The first-order valence-corrected chi connectivity index (χ1v) is 11.5. The zero-order chi connectivity index (χ0) is 22.7. The number of hydrogen-bond donors (Lipinski definition) is 1. The Morgan fingerprint density at radius 3 is 2.31 bits per heavy atom. The number of likely N-dealkylation sites (tertiary alicyclic amines) is 1. The number of anilines is 2. The number of rotatable bonds is 4. The molecule has 32 heavy (non-hydrogen) atoms. The first-order valence-electron chi connectivity index (χ1n) is 11.5. The largest absolute Gasteiger partial charge is 0.338 e. The standard InChI is InChI=1S/C26H31N3O3/c1-18-15-19(2)17-28(16-18)26(32)22-7-3-4-8-23(22)27-25(31)20-10-12-21(13-11-20)29-14-6-5-9-24(29)30/h3-4,7-8,10-13,18-19H,5-6,9,14-17H2,1-2H3,(H,27,31). The van der Waals surface area contributed by atoms with Crippen LogP contribution in [0.5, 0.6) is 0 Å². The molecule has 0 bridgehead atoms. The second-order valence-electron chi connectivity index (χ2n) is 9.21. The van der Waals surface area contributed by atoms with E-state index < -0.39 is 0 Å². The summed E-state index contributed by atoms with van der Waals surface area (Å²) in [5, 5.41) is 2.91. The minimum absolute atomic E-state index is 0.0433. The number of nitrogens with one attached hydrogen (secondary N) is 1. The van der Waals surface area contributed by atoms with E-state index in [-0.39, 0.29) is 17.7 Å². The van der Waals surface area contributed by atoms with Crippen molar-refractivity contribution in [3.8, 4) is 0 Å². The van der Waals surface area contributed by atoms with Crippen molar-refractivity contribution in [1.82, 2.24) is 4.90 Å². The topological polar surface area (TPSA) is 69.7 Å². The van der Waals surface area contributed by atoms with Crippen molar-refractivity contribution >= 4 is 29.1 Å². The van der Waals surface area contributed by atoms with E-state index in [0.717, 1.165) is 38.0 Å². The van der Waals surface area contributed by atoms with Crippen LogP contribution in [0.25, 0.3) is 0 Å². The number of carbonyl (C=O) groups excluding carboxylic acids is 3. The third kappa shape index (κ3) is 4.85. The highest BCUT2D eigenvalue weighted by Gasteiger charge is 2.27. The highest BCUT2D eigenvalue weighted by atomic mass is 16.2. The summed E-state index contributed by atoms with van der Waals surface area (Å²) < 4.78 is 0. The molecule has 2 heterocycles. The highest BCUT2D eigenvalue weighted by molar-refractivity contribution is 6.09. The van der Waals surface area contributed by atoms with Gasteiger partial charge in [-0.1, -0.05) is 26.0 Å². The van der Waals surface area contributed by atoms with Gasteiger partial charge < -0.3 is 15.1 Å². The van der Waals surface area contributed by atoms with Gasteiger partial charge >= 0.3 is 0 Å². The smallest absolute Gasteiger partial charge is 0.255 e. The summed E-state index contributed by atoms with van der Waals surface area (Å²) in [5.74, 6) is 0.743. The molecule has 2 atom stereocenters. The lowest BCUT2D eigenvalue weighted by Crippen LogP contribution is -2.42. The molecule has 6 nitrogen and oxygen atoms in total. The van der Waals surface area contributed by atoms with E-state index in [1.54, 1.807) is 29.2 Å². The van der Waals surface area contributed by atoms with Crippen LogP contribution >= 0.6 is 0 Å². The minimum Gasteiger partial charge on any atom is -0.338 e. The van der Waals surface area contributed by atoms with Crippen molar-refractivity contribution in [3.05, 3.63) is 59.7 Å². The van der Waals surface area contributed by atoms with Crippen LogP contribution in [-0.2, 0) is 4.79 Å². The second kappa shape index (κ2) is 9.55. The van der Waals surface area contributed by atoms with Crippen molar-refractivity contribution in [2.45, 2.75) is 39.5 Å². The first kappa shape index (κ1) is 22.1. The molecule has 2 aliphatic rings. The first-order chi connectivity index (χ1) is 15.4. The van der Waals surface area contributed by atoms with Crippen LogP contribution in [-0.4, -0.2) is 42.3 Å². The quantitative estimate of drug-likeness (QED) is 0.768. The average molecular weight is 434 g/mol. The van der Waals surface area contributed by atoms with Crippen molar-refractivity contribution in [1.29, 1.82) is 0 Å². The van der Waals surface area contributed by atoms with Gasteiger partial charge in [0.25, 0.3) is 11.8 Å². The molecule has 0 radical (unpaired) electrons. The number of hydrogen-bond acceptors (Lipinski definition) is 3. The molecule has 2 saturated heterocycles. The summed E-state index contributed by atoms with van der Waals surface area (Å²) in [6, 6.07) is 14.3. The van der Waals surface area contributed by atoms with Crippen molar-refractivity contribution in [2.24, 2.45) is 11.8 Å². The summed E-state index contributed by atoms with van der Waals surface area (Å²) >= 11 is 0. The molecule has 2 aliphatic heterocycles. The van der Waals surface area contributed by atoms with Gasteiger partial charge in [0, 0.05) is 37.3 Å². The number of carbonyl (C=O) groups is 3. The van der Waals surface area contributed by atoms with Gasteiger partial charge in [0.15, 0.2) is 0 Å². The Labute approximate surface area is 189 Å². The Morgan fingerprint density at radius 1 is 0.938 bits per heavy atom. The van der Waals surface area contributed by atoms with Gasteiger partial charge in [-0.3, -0.25) is 14.4 Å². The fourth-order valence-electron chi connectivity index (χ4n) is 4.84. The van der Waals surface area contributed by atoms with Gasteiger partial charge in [-0.05, 0) is 67.5 Å². The van der Waals surface area contributed by atoms with Crippen LogP contribution in [0.1, 0.15) is 60.2 Å². The Morgan fingerprint density at radius 2 is 1.62 bits per heavy atom. The van der Waals surface area contributed by atoms with E-state index in [4.69, 9.17) is 0 Å². The molecule has 2 unspecified atom stereocenters. The Kier molecular flexibility index (Phi) is 6.58. The predicted molar refractivity (Wildman–Crippen MR) is 126 cm³/mol. The molecule has 0 spiro atoms. The Hall–Kier alpha value is -3.15. The number of para-hydroxylation sites is 1. The lowest BCUT2D eigenvalue weighted by Gasteiger charge is -2.35. The lowest BCUT2D eigenvalue weighted by atomic mass is 9.91. The van der Waals surface area contributed by atoms with Crippen LogP contribution in [0.3, 0.4) is 0 Å². The summed E-state index contributed by atoms with van der Waals surface area (Å²) in [6.07, 6.45) is 3.62. The predicted octanol–water partition coefficient (Wildman–Crippen LogP) is 4.57. The molecule has 1 N–H and O–H groups in total. The van der Waals surface area contributed by atoms with E-state index in [1.165, 1.54) is 0 Å². The van der Waals surface area contributed by atoms with Crippen LogP contribution in [0.2, 0.25) is 0 Å². The SMILES string of the molecule is CC1CC(C)CN(C(=O)c2ccccc2NC(=O)c2ccc(N3CCCCC3=O)cc2)C1. The lowest BCUT2D eigenvalue weighted by molar-refractivity contribution is -0.119. The third-order valence-corrected chi connectivity index (χ3v) is 6.33. The maximum absolute atomic E-state index is 13.2. The average Bonchev–Trinajstić information content (AvgIpc) is 2.79. The molecular weight excluding hydrogens is 402 g/mol. The number of piperidine rings is 2. The van der Waals surface area contributed by atoms with Gasteiger partial charge in [0.05, 0.1) is 11.3 Å². The molecule has 2 fully saturated rings. The molecule has 0 aromatic heterocycles. The van der Waals surface area contributed by atoms with E-state index in [2.05, 4.69) is 19.2 Å². The molecule has 2 aromatic rings. The van der Waals surface area contributed by atoms with Crippen molar-refractivity contribution in [3.63, 3.8) is 0 Å². The van der Waals surface area contributed by atoms with Gasteiger partial charge in [-0.2, -0.15) is 0 Å². The van der Waals surface area contributed by atoms with Gasteiger partial charge in [-0.25, -0.2) is 0 Å². The number of nitrogens with zero attached hydrogens (tertiary/aromatic N) is 2. The van der Waals surface area contributed by atoms with E-state index in [0.29, 0.717) is 41.6 Å². The summed E-state index contributed by atoms with van der Waals surface area (Å²) in [6.45, 7) is 6.54. The van der Waals surface area contributed by atoms with Crippen LogP contribution in [0.15, 0.2) is 48.5 Å². The molecule has 3 amide bonds. The summed E-state index contributed by atoms with van der Waals surface area (Å²) in [7, 11) is 0. The maximum atomic E-state index is 13.2. The fourth-order valence-corrected chi connectivity index (χ4v) is 4.84. The van der Waals surface area contributed by atoms with Gasteiger partial charge in [0.1, 0.15) is 0 Å².